The predicted molar refractivity (Wildman–Crippen MR) is 54.3 cm³/mol. The Morgan fingerprint density at radius 3 is 2.64 bits per heavy atom. The maximum Gasteiger partial charge on any atom is 0.238 e. The highest BCUT2D eigenvalue weighted by Gasteiger charge is 2.08. The average Bonchev–Trinajstić information content (AvgIpc) is 2.46. The standard InChI is InChI=1S/C9H10N2O2S/c1-11-5-4-7-2-3-8(6-9(7)11)14(10,12)13/h2-6H,1H3,(H2,10,12,13). The first kappa shape index (κ1) is 9.23. The second-order valence-corrected chi connectivity index (χ2v) is 4.75. The molecule has 74 valence electrons. The Hall–Kier alpha value is -1.33. The van der Waals surface area contributed by atoms with E-state index < -0.39 is 10.0 Å². The van der Waals surface area contributed by atoms with E-state index in [9.17, 15) is 8.42 Å². The highest BCUT2D eigenvalue weighted by molar-refractivity contribution is 7.89. The molecule has 1 heterocycles. The summed E-state index contributed by atoms with van der Waals surface area (Å²) in [6.07, 6.45) is 1.87. The summed E-state index contributed by atoms with van der Waals surface area (Å²) >= 11 is 0. The van der Waals surface area contributed by atoms with Crippen molar-refractivity contribution in [1.82, 2.24) is 4.57 Å². The monoisotopic (exact) mass is 210 g/mol. The van der Waals surface area contributed by atoms with Gasteiger partial charge in [-0.3, -0.25) is 0 Å². The third-order valence-corrected chi connectivity index (χ3v) is 3.10. The molecule has 1 aromatic heterocycles. The van der Waals surface area contributed by atoms with Crippen LogP contribution in [-0.2, 0) is 17.1 Å². The van der Waals surface area contributed by atoms with Crippen LogP contribution in [0.4, 0.5) is 0 Å². The number of nitrogens with zero attached hydrogens (tertiary/aromatic N) is 1. The molecule has 0 aliphatic rings. The van der Waals surface area contributed by atoms with Crippen molar-refractivity contribution in [3.05, 3.63) is 30.5 Å². The smallest absolute Gasteiger partial charge is 0.238 e. The molecule has 0 saturated carbocycles. The summed E-state index contributed by atoms with van der Waals surface area (Å²) in [6.45, 7) is 0. The van der Waals surface area contributed by atoms with E-state index in [1.807, 2.05) is 23.9 Å². The van der Waals surface area contributed by atoms with Crippen molar-refractivity contribution in [2.75, 3.05) is 0 Å². The summed E-state index contributed by atoms with van der Waals surface area (Å²) in [5.74, 6) is 0. The maximum absolute atomic E-state index is 11.1. The summed E-state index contributed by atoms with van der Waals surface area (Å²) in [7, 11) is -1.75. The number of hydrogen-bond acceptors (Lipinski definition) is 2. The lowest BCUT2D eigenvalue weighted by Crippen LogP contribution is -2.11. The maximum atomic E-state index is 11.1. The molecule has 0 fully saturated rings. The fourth-order valence-corrected chi connectivity index (χ4v) is 1.95. The van der Waals surface area contributed by atoms with Gasteiger partial charge < -0.3 is 4.57 Å². The minimum absolute atomic E-state index is 0.145. The molecule has 1 aromatic carbocycles. The number of primary sulfonamides is 1. The molecule has 0 saturated heterocycles. The molecule has 0 radical (unpaired) electrons. The van der Waals surface area contributed by atoms with Gasteiger partial charge in [0.15, 0.2) is 0 Å². The molecular weight excluding hydrogens is 200 g/mol. The zero-order valence-corrected chi connectivity index (χ0v) is 8.45. The average molecular weight is 210 g/mol. The summed E-state index contributed by atoms with van der Waals surface area (Å²) in [6, 6.07) is 6.75. The van der Waals surface area contributed by atoms with Gasteiger partial charge in [-0.1, -0.05) is 6.07 Å². The Balaban J connectivity index is 2.79. The Kier molecular flexibility index (Phi) is 1.87. The summed E-state index contributed by atoms with van der Waals surface area (Å²) < 4.78 is 24.0. The van der Waals surface area contributed by atoms with Crippen molar-refractivity contribution in [3.8, 4) is 0 Å². The van der Waals surface area contributed by atoms with E-state index in [1.54, 1.807) is 12.1 Å². The molecule has 2 aromatic rings. The van der Waals surface area contributed by atoms with Crippen molar-refractivity contribution in [1.29, 1.82) is 0 Å². The molecule has 0 aliphatic carbocycles. The zero-order valence-electron chi connectivity index (χ0n) is 7.64. The lowest BCUT2D eigenvalue weighted by molar-refractivity contribution is 0.598. The molecule has 2 rings (SSSR count). The van der Waals surface area contributed by atoms with Crippen LogP contribution in [0.5, 0.6) is 0 Å². The van der Waals surface area contributed by atoms with Gasteiger partial charge in [0.1, 0.15) is 0 Å². The van der Waals surface area contributed by atoms with Crippen LogP contribution in [0.15, 0.2) is 35.4 Å². The van der Waals surface area contributed by atoms with Crippen LogP contribution in [-0.4, -0.2) is 13.0 Å². The van der Waals surface area contributed by atoms with Crippen LogP contribution in [0.1, 0.15) is 0 Å². The van der Waals surface area contributed by atoms with Crippen molar-refractivity contribution >= 4 is 20.9 Å². The van der Waals surface area contributed by atoms with Gasteiger partial charge in [0.25, 0.3) is 0 Å². The Morgan fingerprint density at radius 1 is 1.29 bits per heavy atom. The van der Waals surface area contributed by atoms with Gasteiger partial charge in [-0.2, -0.15) is 0 Å². The van der Waals surface area contributed by atoms with Crippen LogP contribution < -0.4 is 5.14 Å². The summed E-state index contributed by atoms with van der Waals surface area (Å²) in [5, 5.41) is 6.03. The zero-order chi connectivity index (χ0) is 10.3. The number of nitrogens with two attached hydrogens (primary N) is 1. The molecule has 0 spiro atoms. The van der Waals surface area contributed by atoms with E-state index in [-0.39, 0.29) is 4.90 Å². The number of sulfonamides is 1. The largest absolute Gasteiger partial charge is 0.351 e. The summed E-state index contributed by atoms with van der Waals surface area (Å²) in [4.78, 5) is 0.145. The molecule has 14 heavy (non-hydrogen) atoms. The van der Waals surface area contributed by atoms with E-state index in [0.29, 0.717) is 0 Å². The Bertz CT molecular complexity index is 584. The van der Waals surface area contributed by atoms with Gasteiger partial charge in [-0.05, 0) is 23.6 Å². The third-order valence-electron chi connectivity index (χ3n) is 2.19. The minimum atomic E-state index is -3.60. The number of hydrogen-bond donors (Lipinski definition) is 1. The molecule has 0 atom stereocenters. The fourth-order valence-electron chi connectivity index (χ4n) is 1.42. The highest BCUT2D eigenvalue weighted by Crippen LogP contribution is 2.18. The normalized spacial score (nSPS) is 12.1. The lowest BCUT2D eigenvalue weighted by Gasteiger charge is -2.00. The van der Waals surface area contributed by atoms with Gasteiger partial charge in [0.05, 0.1) is 4.90 Å². The second kappa shape index (κ2) is 2.83. The van der Waals surface area contributed by atoms with Crippen molar-refractivity contribution in [2.45, 2.75) is 4.90 Å². The van der Waals surface area contributed by atoms with E-state index >= 15 is 0 Å². The van der Waals surface area contributed by atoms with Crippen molar-refractivity contribution in [2.24, 2.45) is 12.2 Å². The van der Waals surface area contributed by atoms with Gasteiger partial charge in [0, 0.05) is 18.8 Å². The van der Waals surface area contributed by atoms with Crippen LogP contribution in [0, 0.1) is 0 Å². The molecule has 0 unspecified atom stereocenters. The highest BCUT2D eigenvalue weighted by atomic mass is 32.2. The third kappa shape index (κ3) is 1.40. The number of aromatic nitrogens is 1. The molecule has 4 nitrogen and oxygen atoms in total. The van der Waals surface area contributed by atoms with Crippen LogP contribution in [0.3, 0.4) is 0 Å². The number of aryl methyl sites for hydroxylation is 1. The van der Waals surface area contributed by atoms with E-state index in [2.05, 4.69) is 0 Å². The van der Waals surface area contributed by atoms with Crippen LogP contribution >= 0.6 is 0 Å². The van der Waals surface area contributed by atoms with Crippen molar-refractivity contribution in [3.63, 3.8) is 0 Å². The Morgan fingerprint density at radius 2 is 2.00 bits per heavy atom. The predicted octanol–water partition coefficient (Wildman–Crippen LogP) is 0.826. The SMILES string of the molecule is Cn1ccc2ccc(S(N)(=O)=O)cc21. The number of benzene rings is 1. The fraction of sp³-hybridized carbons (Fsp3) is 0.111. The quantitative estimate of drug-likeness (QED) is 0.757. The van der Waals surface area contributed by atoms with Gasteiger partial charge in [0.2, 0.25) is 10.0 Å². The van der Waals surface area contributed by atoms with E-state index in [0.717, 1.165) is 10.9 Å². The van der Waals surface area contributed by atoms with Gasteiger partial charge >= 0.3 is 0 Å². The lowest BCUT2D eigenvalue weighted by atomic mass is 10.2. The molecule has 0 amide bonds. The molecule has 5 heteroatoms. The number of fused-ring (bicyclic) bond motifs is 1. The van der Waals surface area contributed by atoms with Gasteiger partial charge in [-0.15, -0.1) is 0 Å². The minimum Gasteiger partial charge on any atom is -0.351 e. The molecule has 0 aliphatic heterocycles. The molecule has 2 N–H and O–H groups in total. The van der Waals surface area contributed by atoms with Crippen molar-refractivity contribution < 1.29 is 8.42 Å². The molecular formula is C9H10N2O2S. The number of rotatable bonds is 1. The van der Waals surface area contributed by atoms with Crippen LogP contribution in [0.25, 0.3) is 10.9 Å². The topological polar surface area (TPSA) is 65.1 Å². The Labute approximate surface area is 82.0 Å². The van der Waals surface area contributed by atoms with Gasteiger partial charge in [-0.25, -0.2) is 13.6 Å². The molecule has 0 bridgehead atoms. The first-order chi connectivity index (χ1) is 6.48. The first-order valence-electron chi connectivity index (χ1n) is 4.06. The van der Waals surface area contributed by atoms with Crippen LogP contribution in [0.2, 0.25) is 0 Å². The summed E-state index contributed by atoms with van der Waals surface area (Å²) in [5.41, 5.74) is 0.858. The first-order valence-corrected chi connectivity index (χ1v) is 5.61. The van der Waals surface area contributed by atoms with E-state index in [4.69, 9.17) is 5.14 Å². The second-order valence-electron chi connectivity index (χ2n) is 3.19. The van der Waals surface area contributed by atoms with E-state index in [1.165, 1.54) is 6.07 Å².